The van der Waals surface area contributed by atoms with Gasteiger partial charge in [0.1, 0.15) is 0 Å². The Labute approximate surface area is 97.1 Å². The second kappa shape index (κ2) is 5.53. The van der Waals surface area contributed by atoms with Gasteiger partial charge in [0.15, 0.2) is 0 Å². The summed E-state index contributed by atoms with van der Waals surface area (Å²) in [7, 11) is 0. The van der Waals surface area contributed by atoms with Crippen LogP contribution >= 0.6 is 11.6 Å². The van der Waals surface area contributed by atoms with Crippen LogP contribution in [0.5, 0.6) is 0 Å². The van der Waals surface area contributed by atoms with Crippen LogP contribution in [0, 0.1) is 5.41 Å². The molecule has 1 nitrogen and oxygen atoms in total. The zero-order chi connectivity index (χ0) is 11.3. The second-order valence-corrected chi connectivity index (χ2v) is 4.60. The van der Waals surface area contributed by atoms with Gasteiger partial charge in [-0.05, 0) is 42.4 Å². The number of aliphatic hydroxyl groups excluding tert-OH is 1. The Balaban J connectivity index is 2.78. The summed E-state index contributed by atoms with van der Waals surface area (Å²) in [6.45, 7) is 4.52. The van der Waals surface area contributed by atoms with Gasteiger partial charge >= 0.3 is 0 Å². The molecule has 0 saturated heterocycles. The van der Waals surface area contributed by atoms with Crippen LogP contribution in [-0.2, 0) is 6.42 Å². The number of aliphatic hydroxyl groups is 1. The summed E-state index contributed by atoms with van der Waals surface area (Å²) in [6.07, 6.45) is 2.93. The van der Waals surface area contributed by atoms with Crippen LogP contribution in [0.25, 0.3) is 0 Å². The molecule has 0 bridgehead atoms. The Morgan fingerprint density at radius 3 is 2.07 bits per heavy atom. The van der Waals surface area contributed by atoms with Crippen molar-refractivity contribution in [1.29, 1.82) is 0 Å². The van der Waals surface area contributed by atoms with Crippen molar-refractivity contribution < 1.29 is 5.11 Å². The maximum atomic E-state index is 9.47. The lowest BCUT2D eigenvalue weighted by atomic mass is 9.78. The highest BCUT2D eigenvalue weighted by atomic mass is 35.5. The monoisotopic (exact) mass is 226 g/mol. The number of rotatable bonds is 5. The molecule has 84 valence electrons. The lowest BCUT2D eigenvalue weighted by Gasteiger charge is -2.29. The molecule has 2 heteroatoms. The van der Waals surface area contributed by atoms with Crippen LogP contribution < -0.4 is 0 Å². The molecule has 0 aliphatic carbocycles. The van der Waals surface area contributed by atoms with E-state index >= 15 is 0 Å². The Morgan fingerprint density at radius 1 is 1.13 bits per heavy atom. The van der Waals surface area contributed by atoms with E-state index < -0.39 is 0 Å². The summed E-state index contributed by atoms with van der Waals surface area (Å²) in [5.74, 6) is 0. The van der Waals surface area contributed by atoms with Crippen molar-refractivity contribution in [2.24, 2.45) is 5.41 Å². The third kappa shape index (κ3) is 3.22. The fourth-order valence-electron chi connectivity index (χ4n) is 1.81. The van der Waals surface area contributed by atoms with E-state index in [4.69, 9.17) is 11.6 Å². The molecular formula is C13H19ClO. The third-order valence-corrected chi connectivity index (χ3v) is 3.58. The molecule has 0 heterocycles. The van der Waals surface area contributed by atoms with Gasteiger partial charge in [-0.15, -0.1) is 0 Å². The first-order valence-corrected chi connectivity index (χ1v) is 5.89. The highest BCUT2D eigenvalue weighted by Gasteiger charge is 2.25. The van der Waals surface area contributed by atoms with Crippen molar-refractivity contribution in [2.45, 2.75) is 33.1 Å². The molecule has 1 aromatic carbocycles. The number of hydrogen-bond donors (Lipinski definition) is 1. The van der Waals surface area contributed by atoms with E-state index in [2.05, 4.69) is 13.8 Å². The van der Waals surface area contributed by atoms with E-state index in [9.17, 15) is 5.11 Å². The smallest absolute Gasteiger partial charge is 0.0490 e. The SMILES string of the molecule is CCC(CC)(CO)Cc1ccc(Cl)cc1. The Bertz CT molecular complexity index is 280. The van der Waals surface area contributed by atoms with Gasteiger partial charge in [-0.2, -0.15) is 0 Å². The van der Waals surface area contributed by atoms with Gasteiger partial charge in [0.05, 0.1) is 0 Å². The van der Waals surface area contributed by atoms with E-state index in [1.165, 1.54) is 5.56 Å². The maximum Gasteiger partial charge on any atom is 0.0490 e. The molecule has 0 unspecified atom stereocenters. The van der Waals surface area contributed by atoms with Crippen molar-refractivity contribution in [1.82, 2.24) is 0 Å². The van der Waals surface area contributed by atoms with E-state index in [1.54, 1.807) is 0 Å². The van der Waals surface area contributed by atoms with Crippen LogP contribution in [0.2, 0.25) is 5.02 Å². The third-order valence-electron chi connectivity index (χ3n) is 3.33. The Morgan fingerprint density at radius 2 is 1.67 bits per heavy atom. The fourth-order valence-corrected chi connectivity index (χ4v) is 1.94. The first-order chi connectivity index (χ1) is 7.15. The average Bonchev–Trinajstić information content (AvgIpc) is 2.29. The molecule has 0 radical (unpaired) electrons. The highest BCUT2D eigenvalue weighted by Crippen LogP contribution is 2.30. The van der Waals surface area contributed by atoms with Crippen LogP contribution in [0.1, 0.15) is 32.3 Å². The molecule has 0 spiro atoms. The topological polar surface area (TPSA) is 20.2 Å². The van der Waals surface area contributed by atoms with Crippen molar-refractivity contribution in [3.63, 3.8) is 0 Å². The lowest BCUT2D eigenvalue weighted by Crippen LogP contribution is -2.26. The quantitative estimate of drug-likeness (QED) is 0.812. The zero-order valence-corrected chi connectivity index (χ0v) is 10.2. The summed E-state index contributed by atoms with van der Waals surface area (Å²) in [4.78, 5) is 0. The first-order valence-electron chi connectivity index (χ1n) is 5.51. The van der Waals surface area contributed by atoms with E-state index in [1.807, 2.05) is 24.3 Å². The molecule has 0 aliphatic rings. The summed E-state index contributed by atoms with van der Waals surface area (Å²) >= 11 is 5.84. The minimum absolute atomic E-state index is 0.0355. The van der Waals surface area contributed by atoms with Crippen molar-refractivity contribution in [2.75, 3.05) is 6.61 Å². The predicted molar refractivity (Wildman–Crippen MR) is 65.3 cm³/mol. The van der Waals surface area contributed by atoms with Gasteiger partial charge < -0.3 is 5.11 Å². The molecule has 0 saturated carbocycles. The maximum absolute atomic E-state index is 9.47. The molecule has 0 fully saturated rings. The lowest BCUT2D eigenvalue weighted by molar-refractivity contribution is 0.115. The van der Waals surface area contributed by atoms with E-state index in [-0.39, 0.29) is 12.0 Å². The molecule has 0 aromatic heterocycles. The van der Waals surface area contributed by atoms with E-state index in [0.29, 0.717) is 0 Å². The minimum Gasteiger partial charge on any atom is -0.396 e. The molecule has 0 aliphatic heterocycles. The highest BCUT2D eigenvalue weighted by molar-refractivity contribution is 6.30. The second-order valence-electron chi connectivity index (χ2n) is 4.17. The standard InChI is InChI=1S/C13H19ClO/c1-3-13(4-2,10-15)9-11-5-7-12(14)8-6-11/h5-8,15H,3-4,9-10H2,1-2H3. The van der Waals surface area contributed by atoms with E-state index in [0.717, 1.165) is 24.3 Å². The van der Waals surface area contributed by atoms with Gasteiger partial charge in [0, 0.05) is 11.6 Å². The van der Waals surface area contributed by atoms with Crippen molar-refractivity contribution in [3.05, 3.63) is 34.9 Å². The number of halogens is 1. The number of benzene rings is 1. The van der Waals surface area contributed by atoms with Crippen molar-refractivity contribution in [3.8, 4) is 0 Å². The molecule has 1 rings (SSSR count). The van der Waals surface area contributed by atoms with Crippen LogP contribution in [0.15, 0.2) is 24.3 Å². The van der Waals surface area contributed by atoms with Gasteiger partial charge in [-0.3, -0.25) is 0 Å². The van der Waals surface area contributed by atoms with Gasteiger partial charge in [-0.25, -0.2) is 0 Å². The normalized spacial score (nSPS) is 11.7. The molecule has 15 heavy (non-hydrogen) atoms. The summed E-state index contributed by atoms with van der Waals surface area (Å²) < 4.78 is 0. The van der Waals surface area contributed by atoms with Crippen LogP contribution in [-0.4, -0.2) is 11.7 Å². The minimum atomic E-state index is 0.0355. The van der Waals surface area contributed by atoms with Gasteiger partial charge in [-0.1, -0.05) is 37.6 Å². The molecule has 1 aromatic rings. The average molecular weight is 227 g/mol. The van der Waals surface area contributed by atoms with Crippen LogP contribution in [0.3, 0.4) is 0 Å². The Hall–Kier alpha value is -0.530. The zero-order valence-electron chi connectivity index (χ0n) is 9.46. The summed E-state index contributed by atoms with van der Waals surface area (Å²) in [5.41, 5.74) is 1.28. The summed E-state index contributed by atoms with van der Waals surface area (Å²) in [5, 5.41) is 10.2. The van der Waals surface area contributed by atoms with Crippen LogP contribution in [0.4, 0.5) is 0 Å². The van der Waals surface area contributed by atoms with Crippen molar-refractivity contribution >= 4 is 11.6 Å². The molecule has 1 N–H and O–H groups in total. The molecule has 0 amide bonds. The Kier molecular flexibility index (Phi) is 4.62. The predicted octanol–water partition coefficient (Wildman–Crippen LogP) is 3.68. The molecule has 0 atom stereocenters. The van der Waals surface area contributed by atoms with Gasteiger partial charge in [0.2, 0.25) is 0 Å². The molecular weight excluding hydrogens is 208 g/mol. The first kappa shape index (κ1) is 12.5. The largest absolute Gasteiger partial charge is 0.396 e. The summed E-state index contributed by atoms with van der Waals surface area (Å²) in [6, 6.07) is 7.89. The fraction of sp³-hybridized carbons (Fsp3) is 0.538. The van der Waals surface area contributed by atoms with Gasteiger partial charge in [0.25, 0.3) is 0 Å². The number of hydrogen-bond acceptors (Lipinski definition) is 1.